The zero-order valence-corrected chi connectivity index (χ0v) is 15.7. The van der Waals surface area contributed by atoms with E-state index in [0.29, 0.717) is 28.1 Å². The van der Waals surface area contributed by atoms with E-state index in [1.165, 1.54) is 6.20 Å². The van der Waals surface area contributed by atoms with Crippen molar-refractivity contribution in [3.63, 3.8) is 0 Å². The van der Waals surface area contributed by atoms with Crippen molar-refractivity contribution < 1.29 is 9.53 Å². The van der Waals surface area contributed by atoms with Crippen LogP contribution >= 0.6 is 15.9 Å². The van der Waals surface area contributed by atoms with Gasteiger partial charge in [0.25, 0.3) is 5.91 Å². The lowest BCUT2D eigenvalue weighted by molar-refractivity contribution is 0.0947. The van der Waals surface area contributed by atoms with Crippen molar-refractivity contribution in [3.05, 3.63) is 46.3 Å². The molecule has 0 aliphatic carbocycles. The van der Waals surface area contributed by atoms with Crippen molar-refractivity contribution in [3.8, 4) is 11.8 Å². The molecule has 0 radical (unpaired) electrons. The van der Waals surface area contributed by atoms with Gasteiger partial charge in [0.1, 0.15) is 11.8 Å². The van der Waals surface area contributed by atoms with E-state index in [0.717, 1.165) is 0 Å². The van der Waals surface area contributed by atoms with E-state index in [-0.39, 0.29) is 17.6 Å². The molecular weight excluding hydrogens is 386 g/mol. The Hall–Kier alpha value is -2.66. The number of nitrogens with one attached hydrogen (secondary N) is 1. The summed E-state index contributed by atoms with van der Waals surface area (Å²) in [7, 11) is 1.55. The Balaban J connectivity index is 2.32. The van der Waals surface area contributed by atoms with Crippen LogP contribution in [-0.2, 0) is 0 Å². The number of carbonyl (C=O) groups excluding carboxylic acids is 1. The van der Waals surface area contributed by atoms with E-state index in [1.54, 1.807) is 36.4 Å². The highest BCUT2D eigenvalue weighted by molar-refractivity contribution is 9.10. The zero-order valence-electron chi connectivity index (χ0n) is 14.2. The molecule has 0 atom stereocenters. The third-order valence-corrected chi connectivity index (χ3v) is 3.76. The molecule has 0 aliphatic heterocycles. The fraction of sp³-hybridized carbons (Fsp3) is 0.294. The lowest BCUT2D eigenvalue weighted by Crippen LogP contribution is -2.45. The SMILES string of the molecule is COc1cccc(C(=O)NN(CC(C)C)c2nc(C#N)ncc2Br)c1. The van der Waals surface area contributed by atoms with Crippen LogP contribution in [0.25, 0.3) is 0 Å². The second-order valence-electron chi connectivity index (χ2n) is 5.65. The van der Waals surface area contributed by atoms with Crippen LogP contribution in [0, 0.1) is 17.2 Å². The van der Waals surface area contributed by atoms with Crippen molar-refractivity contribution in [2.75, 3.05) is 18.7 Å². The van der Waals surface area contributed by atoms with Crippen LogP contribution in [0.1, 0.15) is 30.0 Å². The minimum Gasteiger partial charge on any atom is -0.497 e. The van der Waals surface area contributed by atoms with E-state index in [1.807, 2.05) is 19.9 Å². The topological polar surface area (TPSA) is 91.1 Å². The average molecular weight is 404 g/mol. The summed E-state index contributed by atoms with van der Waals surface area (Å²) in [6, 6.07) is 8.76. The Labute approximate surface area is 154 Å². The first-order valence-electron chi connectivity index (χ1n) is 7.59. The van der Waals surface area contributed by atoms with Gasteiger partial charge in [-0.25, -0.2) is 4.98 Å². The molecule has 7 nitrogen and oxygen atoms in total. The number of hydrogen-bond acceptors (Lipinski definition) is 6. The molecule has 2 aromatic rings. The second kappa shape index (κ2) is 8.44. The number of ether oxygens (including phenoxy) is 1. The number of aromatic nitrogens is 2. The molecule has 0 saturated heterocycles. The molecule has 1 aromatic heterocycles. The molecule has 0 saturated carbocycles. The summed E-state index contributed by atoms with van der Waals surface area (Å²) in [5.41, 5.74) is 3.29. The molecule has 0 aliphatic rings. The maximum atomic E-state index is 12.6. The summed E-state index contributed by atoms with van der Waals surface area (Å²) in [6.45, 7) is 4.55. The summed E-state index contributed by atoms with van der Waals surface area (Å²) in [4.78, 5) is 20.7. The molecule has 130 valence electrons. The van der Waals surface area contributed by atoms with Crippen LogP contribution in [0.3, 0.4) is 0 Å². The number of methoxy groups -OCH3 is 1. The molecule has 0 bridgehead atoms. The normalized spacial score (nSPS) is 10.2. The third kappa shape index (κ3) is 4.90. The number of nitrogens with zero attached hydrogens (tertiary/aromatic N) is 4. The van der Waals surface area contributed by atoms with Crippen molar-refractivity contribution in [2.24, 2.45) is 5.92 Å². The summed E-state index contributed by atoms with van der Waals surface area (Å²) in [5, 5.41) is 10.6. The third-order valence-electron chi connectivity index (χ3n) is 3.20. The first-order valence-corrected chi connectivity index (χ1v) is 8.39. The van der Waals surface area contributed by atoms with Gasteiger partial charge in [0.05, 0.1) is 11.6 Å². The van der Waals surface area contributed by atoms with E-state index in [9.17, 15) is 4.79 Å². The van der Waals surface area contributed by atoms with E-state index in [2.05, 4.69) is 31.3 Å². The van der Waals surface area contributed by atoms with Gasteiger partial charge in [-0.15, -0.1) is 0 Å². The Morgan fingerprint density at radius 1 is 1.48 bits per heavy atom. The predicted molar refractivity (Wildman–Crippen MR) is 97.1 cm³/mol. The van der Waals surface area contributed by atoms with E-state index < -0.39 is 0 Å². The van der Waals surface area contributed by atoms with Crippen LogP contribution in [0.15, 0.2) is 34.9 Å². The number of rotatable bonds is 6. The summed E-state index contributed by atoms with van der Waals surface area (Å²) in [5.74, 6) is 0.999. The van der Waals surface area contributed by atoms with Gasteiger partial charge >= 0.3 is 0 Å². The van der Waals surface area contributed by atoms with Gasteiger partial charge in [-0.1, -0.05) is 19.9 Å². The molecule has 1 N–H and O–H groups in total. The molecule has 1 aromatic carbocycles. The zero-order chi connectivity index (χ0) is 18.4. The average Bonchev–Trinajstić information content (AvgIpc) is 2.61. The van der Waals surface area contributed by atoms with Gasteiger partial charge in [0.2, 0.25) is 5.82 Å². The first-order chi connectivity index (χ1) is 11.9. The van der Waals surface area contributed by atoms with Crippen molar-refractivity contribution >= 4 is 27.7 Å². The lowest BCUT2D eigenvalue weighted by atomic mass is 10.2. The number of anilines is 1. The Kier molecular flexibility index (Phi) is 6.31. The predicted octanol–water partition coefficient (Wildman–Crippen LogP) is 2.93. The molecule has 0 unspecified atom stereocenters. The number of hydrogen-bond donors (Lipinski definition) is 1. The molecule has 1 amide bonds. The molecule has 25 heavy (non-hydrogen) atoms. The van der Waals surface area contributed by atoms with E-state index in [4.69, 9.17) is 10.00 Å². The van der Waals surface area contributed by atoms with Gasteiger partial charge in [-0.3, -0.25) is 15.2 Å². The fourth-order valence-corrected chi connectivity index (χ4v) is 2.51. The highest BCUT2D eigenvalue weighted by atomic mass is 79.9. The van der Waals surface area contributed by atoms with Gasteiger partial charge in [0, 0.05) is 18.3 Å². The van der Waals surface area contributed by atoms with Crippen molar-refractivity contribution in [2.45, 2.75) is 13.8 Å². The number of amides is 1. The Morgan fingerprint density at radius 2 is 2.24 bits per heavy atom. The smallest absolute Gasteiger partial charge is 0.269 e. The molecule has 8 heteroatoms. The number of benzene rings is 1. The van der Waals surface area contributed by atoms with Crippen LogP contribution in [0.4, 0.5) is 5.82 Å². The Morgan fingerprint density at radius 3 is 2.88 bits per heavy atom. The minimum atomic E-state index is -0.302. The molecule has 1 heterocycles. The van der Waals surface area contributed by atoms with Crippen molar-refractivity contribution in [1.29, 1.82) is 5.26 Å². The maximum absolute atomic E-state index is 12.6. The minimum absolute atomic E-state index is 0.0302. The largest absolute Gasteiger partial charge is 0.497 e. The van der Waals surface area contributed by atoms with E-state index >= 15 is 0 Å². The molecular formula is C17H18BrN5O2. The summed E-state index contributed by atoms with van der Waals surface area (Å²) < 4.78 is 5.73. The van der Waals surface area contributed by atoms with Gasteiger partial charge in [-0.2, -0.15) is 10.2 Å². The second-order valence-corrected chi connectivity index (χ2v) is 6.51. The maximum Gasteiger partial charge on any atom is 0.269 e. The number of hydrazine groups is 1. The van der Waals surface area contributed by atoms with Crippen LogP contribution < -0.4 is 15.2 Å². The quantitative estimate of drug-likeness (QED) is 0.745. The lowest BCUT2D eigenvalue weighted by Gasteiger charge is -2.26. The highest BCUT2D eigenvalue weighted by Crippen LogP contribution is 2.23. The molecule has 0 fully saturated rings. The molecule has 2 rings (SSSR count). The van der Waals surface area contributed by atoms with Gasteiger partial charge in [0.15, 0.2) is 5.82 Å². The van der Waals surface area contributed by atoms with Gasteiger partial charge in [-0.05, 0) is 40.0 Å². The van der Waals surface area contributed by atoms with Crippen molar-refractivity contribution in [1.82, 2.24) is 15.4 Å². The van der Waals surface area contributed by atoms with Crippen LogP contribution in [-0.4, -0.2) is 29.5 Å². The number of halogens is 1. The number of carbonyl (C=O) groups is 1. The summed E-state index contributed by atoms with van der Waals surface area (Å²) >= 11 is 3.37. The van der Waals surface area contributed by atoms with Gasteiger partial charge < -0.3 is 4.74 Å². The standard InChI is InChI=1S/C17H18BrN5O2/c1-11(2)10-23(16-14(18)9-20-15(8-19)21-16)22-17(24)12-5-4-6-13(7-12)25-3/h4-7,9,11H,10H2,1-3H3,(H,22,24). The summed E-state index contributed by atoms with van der Waals surface area (Å²) in [6.07, 6.45) is 1.49. The monoisotopic (exact) mass is 403 g/mol. The first kappa shape index (κ1) is 18.7. The Bertz CT molecular complexity index is 804. The fourth-order valence-electron chi connectivity index (χ4n) is 2.10. The molecule has 0 spiro atoms. The number of nitriles is 1. The van der Waals surface area contributed by atoms with Crippen LogP contribution in [0.5, 0.6) is 5.75 Å². The highest BCUT2D eigenvalue weighted by Gasteiger charge is 2.18. The van der Waals surface area contributed by atoms with Crippen LogP contribution in [0.2, 0.25) is 0 Å².